The second-order valence-corrected chi connectivity index (χ2v) is 5.36. The quantitative estimate of drug-likeness (QED) is 0.537. The molecule has 24 heavy (non-hydrogen) atoms. The number of rotatable bonds is 6. The highest BCUT2D eigenvalue weighted by Gasteiger charge is 2.05. The van der Waals surface area contributed by atoms with Gasteiger partial charge in [-0.25, -0.2) is 5.43 Å². The lowest BCUT2D eigenvalue weighted by Crippen LogP contribution is -2.17. The van der Waals surface area contributed by atoms with Crippen LogP contribution in [0.4, 0.5) is 0 Å². The Hall–Kier alpha value is -3.08. The second-order valence-electron chi connectivity index (χ2n) is 5.36. The molecular formula is C19H19N3O2. The molecule has 0 atom stereocenters. The summed E-state index contributed by atoms with van der Waals surface area (Å²) in [5.74, 6) is 0.504. The number of carbonyl (C=O) groups excluding carboxylic acids is 1. The van der Waals surface area contributed by atoms with E-state index in [4.69, 9.17) is 4.74 Å². The Morgan fingerprint density at radius 3 is 2.79 bits per heavy atom. The van der Waals surface area contributed by atoms with Gasteiger partial charge in [0.05, 0.1) is 12.8 Å². The maximum absolute atomic E-state index is 12.1. The molecule has 0 fully saturated rings. The van der Waals surface area contributed by atoms with Crippen molar-refractivity contribution in [3.05, 3.63) is 65.9 Å². The summed E-state index contributed by atoms with van der Waals surface area (Å²) in [6.45, 7) is 2.72. The fourth-order valence-corrected chi connectivity index (χ4v) is 2.35. The maximum atomic E-state index is 12.1. The molecule has 0 unspecified atom stereocenters. The average molecular weight is 321 g/mol. The molecule has 5 nitrogen and oxygen atoms in total. The number of ether oxygens (including phenoxy) is 1. The molecule has 1 aromatic heterocycles. The van der Waals surface area contributed by atoms with Crippen LogP contribution in [0.2, 0.25) is 0 Å². The number of aromatic amines is 1. The van der Waals surface area contributed by atoms with Crippen LogP contribution in [-0.2, 0) is 0 Å². The summed E-state index contributed by atoms with van der Waals surface area (Å²) in [4.78, 5) is 15.3. The van der Waals surface area contributed by atoms with Crippen molar-refractivity contribution in [1.29, 1.82) is 0 Å². The van der Waals surface area contributed by atoms with Crippen molar-refractivity contribution in [2.75, 3.05) is 6.61 Å². The number of hydrogen-bond acceptors (Lipinski definition) is 3. The largest absolute Gasteiger partial charge is 0.494 e. The minimum absolute atomic E-state index is 0.256. The normalized spacial score (nSPS) is 11.0. The first kappa shape index (κ1) is 15.8. The molecule has 0 saturated heterocycles. The zero-order valence-electron chi connectivity index (χ0n) is 13.5. The zero-order chi connectivity index (χ0) is 16.8. The second kappa shape index (κ2) is 7.46. The van der Waals surface area contributed by atoms with Gasteiger partial charge in [0.15, 0.2) is 0 Å². The number of hydrazone groups is 1. The van der Waals surface area contributed by atoms with Crippen LogP contribution in [0.15, 0.2) is 59.8 Å². The Morgan fingerprint density at radius 1 is 1.21 bits per heavy atom. The number of hydrogen-bond donors (Lipinski definition) is 2. The molecular weight excluding hydrogens is 302 g/mol. The third-order valence-corrected chi connectivity index (χ3v) is 3.58. The van der Waals surface area contributed by atoms with Crippen molar-refractivity contribution >= 4 is 23.0 Å². The van der Waals surface area contributed by atoms with Crippen LogP contribution in [-0.4, -0.2) is 23.7 Å². The molecule has 0 aliphatic heterocycles. The van der Waals surface area contributed by atoms with Gasteiger partial charge in [-0.15, -0.1) is 0 Å². The number of benzene rings is 2. The van der Waals surface area contributed by atoms with Gasteiger partial charge in [0.25, 0.3) is 5.91 Å². The van der Waals surface area contributed by atoms with E-state index in [-0.39, 0.29) is 5.91 Å². The Bertz CT molecular complexity index is 850. The molecule has 0 radical (unpaired) electrons. The van der Waals surface area contributed by atoms with Gasteiger partial charge in [-0.05, 0) is 36.8 Å². The fourth-order valence-electron chi connectivity index (χ4n) is 2.35. The van der Waals surface area contributed by atoms with E-state index < -0.39 is 0 Å². The van der Waals surface area contributed by atoms with Crippen LogP contribution in [0, 0.1) is 0 Å². The summed E-state index contributed by atoms with van der Waals surface area (Å²) in [5.41, 5.74) is 5.04. The van der Waals surface area contributed by atoms with Crippen molar-refractivity contribution in [3.8, 4) is 5.75 Å². The minimum Gasteiger partial charge on any atom is -0.494 e. The van der Waals surface area contributed by atoms with Gasteiger partial charge < -0.3 is 9.72 Å². The highest BCUT2D eigenvalue weighted by atomic mass is 16.5. The van der Waals surface area contributed by atoms with Gasteiger partial charge in [0, 0.05) is 28.2 Å². The van der Waals surface area contributed by atoms with E-state index in [1.54, 1.807) is 30.5 Å². The number of para-hydroxylation sites is 1. The highest BCUT2D eigenvalue weighted by molar-refractivity contribution is 6.00. The number of aromatic nitrogens is 1. The Morgan fingerprint density at radius 2 is 2.00 bits per heavy atom. The van der Waals surface area contributed by atoms with E-state index in [2.05, 4.69) is 15.5 Å². The molecule has 0 saturated carbocycles. The summed E-state index contributed by atoms with van der Waals surface area (Å²) < 4.78 is 5.50. The molecule has 3 aromatic rings. The van der Waals surface area contributed by atoms with Gasteiger partial charge >= 0.3 is 0 Å². The molecule has 0 spiro atoms. The highest BCUT2D eigenvalue weighted by Crippen LogP contribution is 2.15. The van der Waals surface area contributed by atoms with E-state index in [9.17, 15) is 4.79 Å². The van der Waals surface area contributed by atoms with Crippen LogP contribution in [0.5, 0.6) is 5.75 Å². The lowest BCUT2D eigenvalue weighted by molar-refractivity contribution is 0.0955. The van der Waals surface area contributed by atoms with Crippen LogP contribution in [0.25, 0.3) is 10.9 Å². The summed E-state index contributed by atoms with van der Waals surface area (Å²) in [6.07, 6.45) is 4.44. The molecule has 122 valence electrons. The molecule has 5 heteroatoms. The van der Waals surface area contributed by atoms with Crippen molar-refractivity contribution < 1.29 is 9.53 Å². The lowest BCUT2D eigenvalue weighted by atomic mass is 10.2. The predicted octanol–water partition coefficient (Wildman–Crippen LogP) is 3.72. The van der Waals surface area contributed by atoms with Crippen molar-refractivity contribution in [3.63, 3.8) is 0 Å². The topological polar surface area (TPSA) is 66.5 Å². The number of amides is 1. The molecule has 2 N–H and O–H groups in total. The number of fused-ring (bicyclic) bond motifs is 1. The first-order valence-electron chi connectivity index (χ1n) is 7.90. The Kier molecular flexibility index (Phi) is 4.91. The third kappa shape index (κ3) is 3.63. The smallest absolute Gasteiger partial charge is 0.271 e. The third-order valence-electron chi connectivity index (χ3n) is 3.58. The molecule has 1 heterocycles. The van der Waals surface area contributed by atoms with Crippen LogP contribution in [0.1, 0.15) is 29.3 Å². The fraction of sp³-hybridized carbons (Fsp3) is 0.158. The van der Waals surface area contributed by atoms with Crippen molar-refractivity contribution in [2.45, 2.75) is 13.3 Å². The van der Waals surface area contributed by atoms with Gasteiger partial charge in [-0.1, -0.05) is 25.1 Å². The lowest BCUT2D eigenvalue weighted by Gasteiger charge is -2.05. The number of carbonyl (C=O) groups is 1. The molecule has 1 amide bonds. The zero-order valence-corrected chi connectivity index (χ0v) is 13.5. The monoisotopic (exact) mass is 321 g/mol. The van der Waals surface area contributed by atoms with Gasteiger partial charge in [-0.3, -0.25) is 4.79 Å². The molecule has 0 bridgehead atoms. The SMILES string of the molecule is CCCOc1ccc(C(=O)N/N=C/c2c[nH]c3ccccc23)cc1. The standard InChI is InChI=1S/C19H19N3O2/c1-2-11-24-16-9-7-14(8-10-16)19(23)22-21-13-15-12-20-18-6-4-3-5-17(15)18/h3-10,12-13,20H,2,11H2,1H3,(H,22,23)/b21-13+. The van der Waals surface area contributed by atoms with E-state index in [0.717, 1.165) is 28.6 Å². The van der Waals surface area contributed by atoms with Gasteiger partial charge in [0.2, 0.25) is 0 Å². The number of nitrogens with one attached hydrogen (secondary N) is 2. The average Bonchev–Trinajstić information content (AvgIpc) is 3.03. The summed E-state index contributed by atoms with van der Waals surface area (Å²) in [7, 11) is 0. The van der Waals surface area contributed by atoms with Crippen LogP contribution in [0.3, 0.4) is 0 Å². The van der Waals surface area contributed by atoms with E-state index in [0.29, 0.717) is 12.2 Å². The minimum atomic E-state index is -0.256. The van der Waals surface area contributed by atoms with Gasteiger partial charge in [-0.2, -0.15) is 5.10 Å². The first-order valence-corrected chi connectivity index (χ1v) is 7.90. The molecule has 0 aliphatic rings. The van der Waals surface area contributed by atoms with Gasteiger partial charge in [0.1, 0.15) is 5.75 Å². The van der Waals surface area contributed by atoms with E-state index >= 15 is 0 Å². The molecule has 2 aromatic carbocycles. The van der Waals surface area contributed by atoms with Crippen LogP contribution >= 0.6 is 0 Å². The maximum Gasteiger partial charge on any atom is 0.271 e. The Balaban J connectivity index is 1.62. The van der Waals surface area contributed by atoms with Crippen LogP contribution < -0.4 is 10.2 Å². The Labute approximate surface area is 140 Å². The number of H-pyrrole nitrogens is 1. The predicted molar refractivity (Wildman–Crippen MR) is 95.6 cm³/mol. The first-order chi connectivity index (χ1) is 11.8. The summed E-state index contributed by atoms with van der Waals surface area (Å²) in [6, 6.07) is 15.0. The van der Waals surface area contributed by atoms with E-state index in [1.165, 1.54) is 0 Å². The van der Waals surface area contributed by atoms with E-state index in [1.807, 2.05) is 37.4 Å². The summed E-state index contributed by atoms with van der Waals surface area (Å²) >= 11 is 0. The summed E-state index contributed by atoms with van der Waals surface area (Å²) in [5, 5.41) is 5.10. The van der Waals surface area contributed by atoms with Crippen molar-refractivity contribution in [2.24, 2.45) is 5.10 Å². The molecule has 3 rings (SSSR count). The molecule has 0 aliphatic carbocycles. The van der Waals surface area contributed by atoms with Crippen molar-refractivity contribution in [1.82, 2.24) is 10.4 Å². The number of nitrogens with zero attached hydrogens (tertiary/aromatic N) is 1.